The number of hydrogen-bond donors (Lipinski definition) is 0. The number of carbonyl (C=O) groups is 1. The smallest absolute Gasteiger partial charge is 0.244 e. The van der Waals surface area contributed by atoms with Crippen molar-refractivity contribution in [3.8, 4) is 17.0 Å². The summed E-state index contributed by atoms with van der Waals surface area (Å²) in [7, 11) is 0. The van der Waals surface area contributed by atoms with Crippen molar-refractivity contribution in [3.05, 3.63) is 65.6 Å². The molecule has 1 aromatic heterocycles. The van der Waals surface area contributed by atoms with Gasteiger partial charge in [-0.25, -0.2) is 4.39 Å². The normalized spacial score (nSPS) is 15.4. The Hall–Kier alpha value is -3.35. The standard InChI is InChI=1S/C23H23FN4O2/c1-16-2-7-21-20(12-16)23-17(15-30-21)13-25-28(23)14-22(29)27-10-8-26(9-11-27)19-5-3-18(24)4-6-19/h2-7,12-13H,8-11,14-15H2,1H3. The van der Waals surface area contributed by atoms with Gasteiger partial charge in [0.1, 0.15) is 24.7 Å². The predicted octanol–water partition coefficient (Wildman–Crippen LogP) is 3.24. The molecule has 30 heavy (non-hydrogen) atoms. The van der Waals surface area contributed by atoms with Crippen LogP contribution in [0.15, 0.2) is 48.7 Å². The van der Waals surface area contributed by atoms with Crippen LogP contribution >= 0.6 is 0 Å². The van der Waals surface area contributed by atoms with Gasteiger partial charge in [0.05, 0.1) is 11.9 Å². The van der Waals surface area contributed by atoms with Crippen molar-refractivity contribution in [1.82, 2.24) is 14.7 Å². The Labute approximate surface area is 174 Å². The fourth-order valence-corrected chi connectivity index (χ4v) is 4.17. The van der Waals surface area contributed by atoms with Gasteiger partial charge in [0.2, 0.25) is 5.91 Å². The van der Waals surface area contributed by atoms with E-state index in [4.69, 9.17) is 4.74 Å². The van der Waals surface area contributed by atoms with E-state index in [2.05, 4.69) is 16.1 Å². The van der Waals surface area contributed by atoms with Crippen molar-refractivity contribution >= 4 is 11.6 Å². The van der Waals surface area contributed by atoms with Crippen LogP contribution in [-0.4, -0.2) is 46.8 Å². The molecule has 0 N–H and O–H groups in total. The van der Waals surface area contributed by atoms with E-state index < -0.39 is 0 Å². The Morgan fingerprint density at radius 3 is 2.63 bits per heavy atom. The molecule has 2 aromatic carbocycles. The van der Waals surface area contributed by atoms with E-state index in [-0.39, 0.29) is 18.3 Å². The van der Waals surface area contributed by atoms with E-state index in [0.717, 1.165) is 46.9 Å². The molecule has 2 aliphatic heterocycles. The van der Waals surface area contributed by atoms with Crippen LogP contribution in [0.2, 0.25) is 0 Å². The highest BCUT2D eigenvalue weighted by Crippen LogP contribution is 2.38. The first-order valence-corrected chi connectivity index (χ1v) is 10.2. The van der Waals surface area contributed by atoms with Crippen LogP contribution in [0.4, 0.5) is 10.1 Å². The van der Waals surface area contributed by atoms with Gasteiger partial charge in [-0.3, -0.25) is 9.48 Å². The van der Waals surface area contributed by atoms with Crippen LogP contribution in [-0.2, 0) is 17.9 Å². The Kier molecular flexibility index (Phi) is 4.65. The van der Waals surface area contributed by atoms with E-state index in [1.807, 2.05) is 24.0 Å². The minimum atomic E-state index is -0.239. The molecule has 154 valence electrons. The second-order valence-corrected chi connectivity index (χ2v) is 7.81. The number of hydrogen-bond acceptors (Lipinski definition) is 4. The molecular formula is C23H23FN4O2. The quantitative estimate of drug-likeness (QED) is 0.670. The second-order valence-electron chi connectivity index (χ2n) is 7.81. The van der Waals surface area contributed by atoms with Gasteiger partial charge in [-0.05, 0) is 43.3 Å². The van der Waals surface area contributed by atoms with Crippen molar-refractivity contribution in [2.24, 2.45) is 0 Å². The molecule has 0 unspecified atom stereocenters. The Morgan fingerprint density at radius 1 is 1.10 bits per heavy atom. The number of rotatable bonds is 3. The molecule has 0 aliphatic carbocycles. The number of benzene rings is 2. The number of fused-ring (bicyclic) bond motifs is 3. The molecule has 5 rings (SSSR count). The third-order valence-corrected chi connectivity index (χ3v) is 5.80. The summed E-state index contributed by atoms with van der Waals surface area (Å²) in [6.07, 6.45) is 1.79. The molecule has 3 aromatic rings. The number of amides is 1. The first-order chi connectivity index (χ1) is 14.6. The van der Waals surface area contributed by atoms with E-state index in [0.29, 0.717) is 19.7 Å². The van der Waals surface area contributed by atoms with Crippen LogP contribution in [0, 0.1) is 12.7 Å². The molecule has 2 aliphatic rings. The number of nitrogens with zero attached hydrogens (tertiary/aromatic N) is 4. The van der Waals surface area contributed by atoms with E-state index >= 15 is 0 Å². The lowest BCUT2D eigenvalue weighted by Crippen LogP contribution is -2.49. The summed E-state index contributed by atoms with van der Waals surface area (Å²) in [4.78, 5) is 17.0. The van der Waals surface area contributed by atoms with Crippen LogP contribution in [0.3, 0.4) is 0 Å². The highest BCUT2D eigenvalue weighted by Gasteiger charge is 2.26. The van der Waals surface area contributed by atoms with Gasteiger partial charge < -0.3 is 14.5 Å². The predicted molar refractivity (Wildman–Crippen MR) is 112 cm³/mol. The highest BCUT2D eigenvalue weighted by atomic mass is 19.1. The molecule has 1 amide bonds. The maximum atomic E-state index is 13.1. The average molecular weight is 406 g/mol. The minimum absolute atomic E-state index is 0.0559. The van der Waals surface area contributed by atoms with Crippen LogP contribution in [0.5, 0.6) is 5.75 Å². The molecule has 0 spiro atoms. The van der Waals surface area contributed by atoms with E-state index in [1.165, 1.54) is 12.1 Å². The zero-order chi connectivity index (χ0) is 20.7. The molecule has 0 saturated carbocycles. The van der Waals surface area contributed by atoms with Crippen molar-refractivity contribution in [3.63, 3.8) is 0 Å². The molecule has 0 bridgehead atoms. The fourth-order valence-electron chi connectivity index (χ4n) is 4.17. The monoisotopic (exact) mass is 406 g/mol. The number of carbonyl (C=O) groups excluding carboxylic acids is 1. The molecule has 7 heteroatoms. The lowest BCUT2D eigenvalue weighted by Gasteiger charge is -2.36. The largest absolute Gasteiger partial charge is 0.488 e. The molecule has 1 saturated heterocycles. The Balaban J connectivity index is 1.29. The Bertz CT molecular complexity index is 1090. The summed E-state index contributed by atoms with van der Waals surface area (Å²) in [5.41, 5.74) is 5.08. The summed E-state index contributed by atoms with van der Waals surface area (Å²) in [6.45, 7) is 5.45. The number of aromatic nitrogens is 2. The Morgan fingerprint density at radius 2 is 1.87 bits per heavy atom. The zero-order valence-electron chi connectivity index (χ0n) is 16.8. The molecule has 0 radical (unpaired) electrons. The summed E-state index contributed by atoms with van der Waals surface area (Å²) in [5.74, 6) is 0.646. The third kappa shape index (κ3) is 3.40. The lowest BCUT2D eigenvalue weighted by atomic mass is 10.0. The van der Waals surface area contributed by atoms with Crippen molar-refractivity contribution in [2.45, 2.75) is 20.1 Å². The van der Waals surface area contributed by atoms with Crippen molar-refractivity contribution in [1.29, 1.82) is 0 Å². The lowest BCUT2D eigenvalue weighted by molar-refractivity contribution is -0.132. The number of anilines is 1. The topological polar surface area (TPSA) is 50.6 Å². The third-order valence-electron chi connectivity index (χ3n) is 5.80. The van der Waals surface area contributed by atoms with Gasteiger partial charge in [-0.15, -0.1) is 0 Å². The van der Waals surface area contributed by atoms with Gasteiger partial charge in [-0.2, -0.15) is 5.10 Å². The maximum absolute atomic E-state index is 13.1. The van der Waals surface area contributed by atoms with Crippen LogP contribution in [0.1, 0.15) is 11.1 Å². The molecule has 3 heterocycles. The molecule has 6 nitrogen and oxygen atoms in total. The SMILES string of the molecule is Cc1ccc2c(c1)-c1c(cnn1CC(=O)N1CCN(c3ccc(F)cc3)CC1)CO2. The van der Waals surface area contributed by atoms with Crippen LogP contribution < -0.4 is 9.64 Å². The second kappa shape index (κ2) is 7.48. The van der Waals surface area contributed by atoms with E-state index in [1.54, 1.807) is 23.0 Å². The average Bonchev–Trinajstić information content (AvgIpc) is 3.17. The number of ether oxygens (including phenoxy) is 1. The van der Waals surface area contributed by atoms with Crippen LogP contribution in [0.25, 0.3) is 11.3 Å². The van der Waals surface area contributed by atoms with Gasteiger partial charge in [0.15, 0.2) is 0 Å². The number of aryl methyl sites for hydroxylation is 1. The maximum Gasteiger partial charge on any atom is 0.244 e. The first kappa shape index (κ1) is 18.7. The summed E-state index contributed by atoms with van der Waals surface area (Å²) < 4.78 is 20.8. The fraction of sp³-hybridized carbons (Fsp3) is 0.304. The zero-order valence-corrected chi connectivity index (χ0v) is 16.8. The van der Waals surface area contributed by atoms with Crippen molar-refractivity contribution in [2.75, 3.05) is 31.1 Å². The van der Waals surface area contributed by atoms with Gasteiger partial charge in [0, 0.05) is 43.0 Å². The molecular weight excluding hydrogens is 383 g/mol. The van der Waals surface area contributed by atoms with Gasteiger partial charge in [0.25, 0.3) is 0 Å². The van der Waals surface area contributed by atoms with E-state index in [9.17, 15) is 9.18 Å². The first-order valence-electron chi connectivity index (χ1n) is 10.2. The summed E-state index contributed by atoms with van der Waals surface area (Å²) >= 11 is 0. The molecule has 0 atom stereocenters. The summed E-state index contributed by atoms with van der Waals surface area (Å²) in [6, 6.07) is 12.6. The van der Waals surface area contributed by atoms with Gasteiger partial charge >= 0.3 is 0 Å². The minimum Gasteiger partial charge on any atom is -0.488 e. The van der Waals surface area contributed by atoms with Gasteiger partial charge in [-0.1, -0.05) is 11.6 Å². The highest BCUT2D eigenvalue weighted by molar-refractivity contribution is 5.79. The molecule has 1 fully saturated rings. The number of halogens is 1. The summed E-state index contributed by atoms with van der Waals surface area (Å²) in [5, 5.41) is 4.48. The number of piperazine rings is 1. The van der Waals surface area contributed by atoms with Crippen molar-refractivity contribution < 1.29 is 13.9 Å².